The van der Waals surface area contributed by atoms with E-state index in [1.165, 1.54) is 36.0 Å². The van der Waals surface area contributed by atoms with Gasteiger partial charge in [0.2, 0.25) is 0 Å². The van der Waals surface area contributed by atoms with Crippen molar-refractivity contribution in [1.82, 2.24) is 9.78 Å². The third-order valence-corrected chi connectivity index (χ3v) is 4.60. The number of nitrogens with zero attached hydrogens (tertiary/aromatic N) is 2. The fraction of sp³-hybridized carbons (Fsp3) is 0.150. The lowest BCUT2D eigenvalue weighted by molar-refractivity contribution is -0.143. The van der Waals surface area contributed by atoms with Gasteiger partial charge in [-0.25, -0.2) is 4.79 Å². The number of anilines is 3. The predicted molar refractivity (Wildman–Crippen MR) is 111 cm³/mol. The molecular weight excluding hydrogens is 470 g/mol. The number of carbonyl (C=O) groups is 2. The number of amides is 3. The Morgan fingerprint density at radius 3 is 1.85 bits per heavy atom. The monoisotopic (exact) mass is 486 g/mol. The fourth-order valence-electron chi connectivity index (χ4n) is 3.01. The van der Waals surface area contributed by atoms with Crippen LogP contribution in [0.3, 0.4) is 0 Å². The maximum atomic E-state index is 13.0. The highest BCUT2D eigenvalue weighted by molar-refractivity contribution is 6.03. The Kier molecular flexibility index (Phi) is 6.18. The summed E-state index contributed by atoms with van der Waals surface area (Å²) in [4.78, 5) is 23.8. The molecule has 2 aromatic carbocycles. The van der Waals surface area contributed by atoms with Crippen molar-refractivity contribution in [3.8, 4) is 11.3 Å². The van der Waals surface area contributed by atoms with Crippen LogP contribution in [0.25, 0.3) is 11.3 Å². The molecule has 0 unspecified atom stereocenters. The number of halogens is 6. The second kappa shape index (κ2) is 8.61. The van der Waals surface area contributed by atoms with Gasteiger partial charge in [0.05, 0.1) is 11.1 Å². The van der Waals surface area contributed by atoms with Gasteiger partial charge < -0.3 is 22.1 Å². The van der Waals surface area contributed by atoms with Gasteiger partial charge >= 0.3 is 18.4 Å². The number of carbonyl (C=O) groups excluding carboxylic acids is 2. The summed E-state index contributed by atoms with van der Waals surface area (Å²) in [6, 6.07) is 5.29. The zero-order valence-electron chi connectivity index (χ0n) is 17.2. The number of hydrogen-bond acceptors (Lipinski definition) is 4. The number of rotatable bonds is 4. The molecule has 8 nitrogen and oxygen atoms in total. The molecule has 0 bridgehead atoms. The van der Waals surface area contributed by atoms with Crippen molar-refractivity contribution in [3.05, 3.63) is 59.2 Å². The SMILES string of the molecule is Cn1nc(-c2ccc(NC(=O)Nc3cc(C(F)(F)F)cc(C(F)(F)F)c3)cc2)c(C(N)=O)c1N. The summed E-state index contributed by atoms with van der Waals surface area (Å²) in [6.45, 7) is 0. The molecule has 3 amide bonds. The highest BCUT2D eigenvalue weighted by Gasteiger charge is 2.37. The average molecular weight is 486 g/mol. The van der Waals surface area contributed by atoms with Gasteiger partial charge in [0.25, 0.3) is 5.91 Å². The van der Waals surface area contributed by atoms with Crippen LogP contribution >= 0.6 is 0 Å². The first-order valence-corrected chi connectivity index (χ1v) is 9.27. The summed E-state index contributed by atoms with van der Waals surface area (Å²) < 4.78 is 79.0. The van der Waals surface area contributed by atoms with Crippen molar-refractivity contribution in [2.45, 2.75) is 12.4 Å². The molecule has 1 heterocycles. The normalized spacial score (nSPS) is 11.9. The lowest BCUT2D eigenvalue weighted by Gasteiger charge is -2.15. The Hall–Kier alpha value is -4.23. The maximum Gasteiger partial charge on any atom is 0.416 e. The van der Waals surface area contributed by atoms with E-state index in [0.717, 1.165) is 0 Å². The molecule has 0 spiro atoms. The summed E-state index contributed by atoms with van der Waals surface area (Å²) in [7, 11) is 1.50. The molecule has 0 aliphatic heterocycles. The molecule has 14 heteroatoms. The van der Waals surface area contributed by atoms with E-state index in [1.807, 2.05) is 5.32 Å². The number of nitrogens with one attached hydrogen (secondary N) is 2. The summed E-state index contributed by atoms with van der Waals surface area (Å²) in [5.74, 6) is -0.759. The van der Waals surface area contributed by atoms with Gasteiger partial charge in [0, 0.05) is 24.0 Å². The van der Waals surface area contributed by atoms with Crippen LogP contribution in [0.4, 0.5) is 48.3 Å². The lowest BCUT2D eigenvalue weighted by atomic mass is 10.1. The maximum absolute atomic E-state index is 13.0. The first-order chi connectivity index (χ1) is 15.7. The van der Waals surface area contributed by atoms with Crippen molar-refractivity contribution in [2.75, 3.05) is 16.4 Å². The van der Waals surface area contributed by atoms with Crippen LogP contribution < -0.4 is 22.1 Å². The molecule has 0 radical (unpaired) electrons. The van der Waals surface area contributed by atoms with E-state index in [0.29, 0.717) is 17.7 Å². The summed E-state index contributed by atoms with van der Waals surface area (Å²) in [6.07, 6.45) is -10.1. The first-order valence-electron chi connectivity index (χ1n) is 9.27. The second-order valence-corrected chi connectivity index (χ2v) is 7.05. The zero-order chi connectivity index (χ0) is 25.4. The molecular formula is C20H16F6N6O2. The molecule has 0 aliphatic carbocycles. The van der Waals surface area contributed by atoms with Crippen LogP contribution in [0.1, 0.15) is 21.5 Å². The Morgan fingerprint density at radius 2 is 1.38 bits per heavy atom. The molecule has 0 aliphatic rings. The number of urea groups is 1. The van der Waals surface area contributed by atoms with Crippen LogP contribution in [0.15, 0.2) is 42.5 Å². The number of nitrogen functional groups attached to an aromatic ring is 1. The minimum Gasteiger partial charge on any atom is -0.383 e. The second-order valence-electron chi connectivity index (χ2n) is 7.05. The van der Waals surface area contributed by atoms with Crippen LogP contribution in [0, 0.1) is 0 Å². The van der Waals surface area contributed by atoms with E-state index in [4.69, 9.17) is 11.5 Å². The van der Waals surface area contributed by atoms with Crippen molar-refractivity contribution in [2.24, 2.45) is 12.8 Å². The topological polar surface area (TPSA) is 128 Å². The quantitative estimate of drug-likeness (QED) is 0.406. The minimum atomic E-state index is -5.05. The number of aryl methyl sites for hydroxylation is 1. The molecule has 0 saturated carbocycles. The Morgan fingerprint density at radius 1 is 0.882 bits per heavy atom. The molecule has 34 heavy (non-hydrogen) atoms. The van der Waals surface area contributed by atoms with Gasteiger partial charge in [-0.2, -0.15) is 31.4 Å². The van der Waals surface area contributed by atoms with Gasteiger partial charge in [-0.3, -0.25) is 9.48 Å². The standard InChI is InChI=1S/C20H16F6N6O2/c1-32-16(27)14(17(28)33)15(31-32)9-2-4-12(5-3-9)29-18(34)30-13-7-10(19(21,22)23)6-11(8-13)20(24,25)26/h2-8H,27H2,1H3,(H2,28,33)(H2,29,30,34). The van der Waals surface area contributed by atoms with E-state index >= 15 is 0 Å². The van der Waals surface area contributed by atoms with Crippen molar-refractivity contribution >= 4 is 29.1 Å². The van der Waals surface area contributed by atoms with Crippen molar-refractivity contribution in [3.63, 3.8) is 0 Å². The van der Waals surface area contributed by atoms with Gasteiger partial charge in [-0.15, -0.1) is 0 Å². The predicted octanol–water partition coefficient (Wildman–Crippen LogP) is 4.45. The van der Waals surface area contributed by atoms with Gasteiger partial charge in [-0.05, 0) is 30.3 Å². The number of nitrogens with two attached hydrogens (primary N) is 2. The van der Waals surface area contributed by atoms with Crippen LogP contribution in [0.2, 0.25) is 0 Å². The molecule has 3 aromatic rings. The summed E-state index contributed by atoms with van der Waals surface area (Å²) in [5.41, 5.74) is 8.02. The molecule has 0 fully saturated rings. The molecule has 0 atom stereocenters. The largest absolute Gasteiger partial charge is 0.416 e. The van der Waals surface area contributed by atoms with E-state index in [2.05, 4.69) is 10.4 Å². The van der Waals surface area contributed by atoms with Crippen molar-refractivity contribution < 1.29 is 35.9 Å². The Balaban J connectivity index is 1.80. The van der Waals surface area contributed by atoms with Crippen LogP contribution in [-0.4, -0.2) is 21.7 Å². The fourth-order valence-corrected chi connectivity index (χ4v) is 3.01. The average Bonchev–Trinajstić information content (AvgIpc) is 3.01. The first kappa shape index (κ1) is 24.4. The minimum absolute atomic E-state index is 0.00836. The van der Waals surface area contributed by atoms with E-state index in [-0.39, 0.29) is 28.8 Å². The summed E-state index contributed by atoms with van der Waals surface area (Å²) in [5, 5.41) is 8.35. The Bertz CT molecular complexity index is 1220. The highest BCUT2D eigenvalue weighted by atomic mass is 19.4. The van der Waals surface area contributed by atoms with Gasteiger partial charge in [0.15, 0.2) is 0 Å². The molecule has 0 saturated heterocycles. The third kappa shape index (κ3) is 5.22. The van der Waals surface area contributed by atoms with E-state index < -0.39 is 41.1 Å². The molecule has 3 rings (SSSR count). The van der Waals surface area contributed by atoms with Gasteiger partial charge in [0.1, 0.15) is 17.1 Å². The number of aromatic nitrogens is 2. The molecule has 180 valence electrons. The van der Waals surface area contributed by atoms with Crippen LogP contribution in [-0.2, 0) is 19.4 Å². The molecule has 1 aromatic heterocycles. The lowest BCUT2D eigenvalue weighted by Crippen LogP contribution is -2.20. The van der Waals surface area contributed by atoms with E-state index in [9.17, 15) is 35.9 Å². The number of hydrogen-bond donors (Lipinski definition) is 4. The number of alkyl halides is 6. The zero-order valence-corrected chi connectivity index (χ0v) is 17.2. The van der Waals surface area contributed by atoms with Gasteiger partial charge in [-0.1, -0.05) is 12.1 Å². The Labute approximate surface area is 187 Å². The third-order valence-electron chi connectivity index (χ3n) is 4.60. The van der Waals surface area contributed by atoms with Crippen molar-refractivity contribution in [1.29, 1.82) is 0 Å². The molecule has 6 N–H and O–H groups in total. The number of primary amides is 1. The van der Waals surface area contributed by atoms with Crippen LogP contribution in [0.5, 0.6) is 0 Å². The van der Waals surface area contributed by atoms with E-state index in [1.54, 1.807) is 0 Å². The smallest absolute Gasteiger partial charge is 0.383 e. The number of benzene rings is 2. The summed E-state index contributed by atoms with van der Waals surface area (Å²) >= 11 is 0. The highest BCUT2D eigenvalue weighted by Crippen LogP contribution is 2.37.